The third kappa shape index (κ3) is 18.0. The second-order valence-corrected chi connectivity index (χ2v) is 19.4. The molecule has 1 aromatic carbocycles. The van der Waals surface area contributed by atoms with E-state index in [1.54, 1.807) is 62.4 Å². The fourth-order valence-electron chi connectivity index (χ4n) is 7.28. The van der Waals surface area contributed by atoms with Gasteiger partial charge in [-0.3, -0.25) is 38.5 Å². The van der Waals surface area contributed by atoms with Gasteiger partial charge in [-0.25, -0.2) is 4.79 Å². The molecule has 7 amide bonds. The van der Waals surface area contributed by atoms with Gasteiger partial charge in [0, 0.05) is 29.4 Å². The van der Waals surface area contributed by atoms with Crippen molar-refractivity contribution in [1.82, 2.24) is 47.5 Å². The average Bonchev–Trinajstić information content (AvgIpc) is 3.84. The third-order valence-electron chi connectivity index (χ3n) is 10.8. The van der Waals surface area contributed by atoms with E-state index in [-0.39, 0.29) is 54.3 Å². The van der Waals surface area contributed by atoms with Gasteiger partial charge in [0.1, 0.15) is 42.3 Å². The zero-order valence-electron chi connectivity index (χ0n) is 38.2. The minimum absolute atomic E-state index is 0.0160. The van der Waals surface area contributed by atoms with Crippen LogP contribution in [-0.4, -0.2) is 147 Å². The Morgan fingerprint density at radius 3 is 1.79 bits per heavy atom. The Bertz CT molecular complexity index is 2010. The predicted molar refractivity (Wildman–Crippen MR) is 252 cm³/mol. The highest BCUT2D eigenvalue weighted by Crippen LogP contribution is 2.18. The molecule has 3 heterocycles. The molecule has 11 N–H and O–H groups in total. The SMILES string of the molecule is CC(C)C[C@@H]1NC(=O)[C@@H](NC(=O)[C@@H]2CCCN2)CSCc2cccc(n2)CSC[C@@H](C(=O)N[C@@H](CO)C(=O)O)NC(=O)[C@H](CO)NC(=O)[C@H](CC(C)C)NC(=O)[C@H](Cc2ccccc2)NC1=O. The van der Waals surface area contributed by atoms with Gasteiger partial charge < -0.3 is 57.9 Å². The zero-order chi connectivity index (χ0) is 49.0. The summed E-state index contributed by atoms with van der Waals surface area (Å²) < 4.78 is 0. The fourth-order valence-corrected chi connectivity index (χ4v) is 9.19. The normalized spacial score (nSPS) is 24.7. The number of amides is 7. The maximum absolute atomic E-state index is 14.3. The van der Waals surface area contributed by atoms with Crippen molar-refractivity contribution < 1.29 is 53.7 Å². The van der Waals surface area contributed by atoms with Crippen molar-refractivity contribution in [3.63, 3.8) is 0 Å². The Morgan fingerprint density at radius 1 is 0.687 bits per heavy atom. The van der Waals surface area contributed by atoms with Crippen LogP contribution in [0.15, 0.2) is 48.5 Å². The van der Waals surface area contributed by atoms with Gasteiger partial charge in [0.05, 0.1) is 30.6 Å². The second kappa shape index (κ2) is 27.5. The van der Waals surface area contributed by atoms with E-state index in [1.165, 1.54) is 23.5 Å². The number of benzene rings is 1. The topological polar surface area (TPSA) is 306 Å². The van der Waals surface area contributed by atoms with Crippen molar-refractivity contribution in [2.45, 2.75) is 120 Å². The van der Waals surface area contributed by atoms with Gasteiger partial charge in [-0.05, 0) is 61.8 Å². The number of carboxylic acid groups (broad SMARTS) is 1. The lowest BCUT2D eigenvalue weighted by Gasteiger charge is -2.28. The maximum atomic E-state index is 14.3. The molecule has 2 bridgehead atoms. The molecular formula is C45H65N9O11S2. The zero-order valence-corrected chi connectivity index (χ0v) is 39.9. The first kappa shape index (κ1) is 54.3. The van der Waals surface area contributed by atoms with Crippen LogP contribution < -0.4 is 42.5 Å². The number of hydrogen-bond acceptors (Lipinski definition) is 14. The van der Waals surface area contributed by atoms with Gasteiger partial charge in [-0.2, -0.15) is 23.5 Å². The molecular weight excluding hydrogens is 907 g/mol. The lowest BCUT2D eigenvalue weighted by molar-refractivity contribution is -0.143. The Hall–Kier alpha value is -5.29. The number of rotatable bonds is 13. The lowest BCUT2D eigenvalue weighted by atomic mass is 9.99. The third-order valence-corrected chi connectivity index (χ3v) is 12.9. The Balaban J connectivity index is 1.73. The summed E-state index contributed by atoms with van der Waals surface area (Å²) in [6, 6.07) is 4.11. The van der Waals surface area contributed by atoms with Crippen molar-refractivity contribution in [3.05, 3.63) is 65.5 Å². The number of aliphatic hydroxyl groups excluding tert-OH is 2. The summed E-state index contributed by atoms with van der Waals surface area (Å²) in [4.78, 5) is 114. The second-order valence-electron chi connectivity index (χ2n) is 17.4. The number of aromatic nitrogens is 1. The molecule has 0 radical (unpaired) electrons. The number of fused-ring (bicyclic) bond motifs is 2. The number of pyridine rings is 1. The number of nitrogens with one attached hydrogen (secondary N) is 8. The van der Waals surface area contributed by atoms with Gasteiger partial charge in [-0.15, -0.1) is 0 Å². The van der Waals surface area contributed by atoms with E-state index in [0.29, 0.717) is 35.7 Å². The number of carbonyl (C=O) groups excluding carboxylic acids is 7. The van der Waals surface area contributed by atoms with Gasteiger partial charge in [0.25, 0.3) is 0 Å². The highest BCUT2D eigenvalue weighted by Gasteiger charge is 2.35. The predicted octanol–water partition coefficient (Wildman–Crippen LogP) is -0.889. The van der Waals surface area contributed by atoms with Crippen molar-refractivity contribution in [2.24, 2.45) is 11.8 Å². The van der Waals surface area contributed by atoms with Crippen LogP contribution in [0, 0.1) is 11.8 Å². The maximum Gasteiger partial charge on any atom is 0.328 e. The van der Waals surface area contributed by atoms with E-state index in [0.717, 1.165) is 6.42 Å². The molecule has 0 aliphatic carbocycles. The molecule has 0 unspecified atom stereocenters. The molecule has 2 aromatic rings. The quantitative estimate of drug-likeness (QED) is 0.116. The summed E-state index contributed by atoms with van der Waals surface area (Å²) in [7, 11) is 0. The molecule has 2 aliphatic rings. The highest BCUT2D eigenvalue weighted by atomic mass is 32.2. The Morgan fingerprint density at radius 2 is 1.24 bits per heavy atom. The minimum atomic E-state index is -1.69. The van der Waals surface area contributed by atoms with E-state index in [1.807, 2.05) is 13.8 Å². The summed E-state index contributed by atoms with van der Waals surface area (Å²) in [6.07, 6.45) is 1.61. The van der Waals surface area contributed by atoms with E-state index in [9.17, 15) is 53.7 Å². The molecule has 2 aliphatic heterocycles. The van der Waals surface area contributed by atoms with Crippen molar-refractivity contribution in [1.29, 1.82) is 0 Å². The summed E-state index contributed by atoms with van der Waals surface area (Å²) in [6.45, 7) is 6.13. The molecule has 20 nitrogen and oxygen atoms in total. The van der Waals surface area contributed by atoms with Crippen LogP contribution in [0.1, 0.15) is 70.3 Å². The minimum Gasteiger partial charge on any atom is -0.480 e. The van der Waals surface area contributed by atoms with Crippen LogP contribution in [0.2, 0.25) is 0 Å². The lowest BCUT2D eigenvalue weighted by Crippen LogP contribution is -2.61. The number of thioether (sulfide) groups is 2. The van der Waals surface area contributed by atoms with Crippen LogP contribution in [-0.2, 0) is 56.3 Å². The molecule has 1 saturated heterocycles. The number of aliphatic carboxylic acids is 1. The van der Waals surface area contributed by atoms with E-state index < -0.39 is 103 Å². The van der Waals surface area contributed by atoms with Crippen molar-refractivity contribution in [2.75, 3.05) is 31.3 Å². The summed E-state index contributed by atoms with van der Waals surface area (Å²) in [5.41, 5.74) is 1.88. The summed E-state index contributed by atoms with van der Waals surface area (Å²) in [5.74, 6) is -6.49. The molecule has 0 spiro atoms. The highest BCUT2D eigenvalue weighted by molar-refractivity contribution is 7.98. The number of aliphatic hydroxyl groups is 2. The monoisotopic (exact) mass is 971 g/mol. The average molecular weight is 972 g/mol. The molecule has 67 heavy (non-hydrogen) atoms. The number of carbonyl (C=O) groups is 8. The largest absolute Gasteiger partial charge is 0.480 e. The first-order valence-corrected chi connectivity index (χ1v) is 24.7. The van der Waals surface area contributed by atoms with Crippen molar-refractivity contribution in [3.8, 4) is 0 Å². The molecule has 4 rings (SSSR count). The van der Waals surface area contributed by atoms with E-state index >= 15 is 0 Å². The molecule has 0 saturated carbocycles. The molecule has 1 fully saturated rings. The number of nitrogens with zero attached hydrogens (tertiary/aromatic N) is 1. The molecule has 8 atom stereocenters. The van der Waals surface area contributed by atoms with Crippen LogP contribution in [0.25, 0.3) is 0 Å². The molecule has 368 valence electrons. The Labute approximate surface area is 398 Å². The van der Waals surface area contributed by atoms with Crippen LogP contribution in [0.4, 0.5) is 0 Å². The van der Waals surface area contributed by atoms with Crippen LogP contribution in [0.5, 0.6) is 0 Å². The van der Waals surface area contributed by atoms with Crippen molar-refractivity contribution >= 4 is 70.8 Å². The summed E-state index contributed by atoms with van der Waals surface area (Å²) >= 11 is 2.50. The number of carboxylic acids is 1. The summed E-state index contributed by atoms with van der Waals surface area (Å²) in [5, 5.41) is 50.9. The fraction of sp³-hybridized carbons (Fsp3) is 0.578. The van der Waals surface area contributed by atoms with E-state index in [2.05, 4.69) is 42.5 Å². The van der Waals surface area contributed by atoms with Crippen LogP contribution >= 0.6 is 23.5 Å². The molecule has 1 aromatic heterocycles. The van der Waals surface area contributed by atoms with E-state index in [4.69, 9.17) is 4.98 Å². The van der Waals surface area contributed by atoms with Gasteiger partial charge in [-0.1, -0.05) is 64.1 Å². The smallest absolute Gasteiger partial charge is 0.328 e. The standard InChI is InChI=1S/C45H65N9O11S2/c1-25(2)16-31-39(58)50-33(18-27-10-6-5-7-11-27)41(60)48-32(17-26(3)4)40(59)51-34(19-55)42(61)54-37(44(63)52-35(20-56)45(64)65)24-67-22-29-13-8-12-28(47-29)21-66-23-36(43(62)49-31)53-38(57)30-14-9-15-46-30/h5-8,10-13,25-26,30-37,46,55-56H,9,14-24H2,1-4H3,(H,48,60)(H,49,62)(H,50,58)(H,51,59)(H,52,63)(H,53,57)(H,54,61)(H,64,65)/t30-,31-,32-,33-,34-,35-,36-,37-/m0/s1. The molecule has 22 heteroatoms. The van der Waals surface area contributed by atoms with Gasteiger partial charge in [0.2, 0.25) is 41.4 Å². The van der Waals surface area contributed by atoms with Gasteiger partial charge >= 0.3 is 5.97 Å². The number of hydrogen-bond donors (Lipinski definition) is 11. The first-order chi connectivity index (χ1) is 32.0. The van der Waals surface area contributed by atoms with Crippen LogP contribution in [0.3, 0.4) is 0 Å². The first-order valence-electron chi connectivity index (χ1n) is 22.4. The van der Waals surface area contributed by atoms with Gasteiger partial charge in [0.15, 0.2) is 0 Å². The Kier molecular flexibility index (Phi) is 22.3.